The van der Waals surface area contributed by atoms with Gasteiger partial charge in [0.05, 0.1) is 16.5 Å². The standard InChI is InChI=1S/C18H25ClN2O4/c1-11(2)8-9-13(18(24)25)12(3)10-16(22)20-21-17(23)14-6-4-5-7-15(14)19/h4-7,11-13H,8-10H2,1-3H3,(H,20,22)(H,21,23)(H,24,25)/t12-,13+/m0/s1. The summed E-state index contributed by atoms with van der Waals surface area (Å²) in [6.07, 6.45) is 1.32. The number of carbonyl (C=O) groups is 3. The van der Waals surface area contributed by atoms with Crippen molar-refractivity contribution in [1.29, 1.82) is 0 Å². The Balaban J connectivity index is 2.53. The van der Waals surface area contributed by atoms with Gasteiger partial charge in [0.2, 0.25) is 5.91 Å². The van der Waals surface area contributed by atoms with Crippen LogP contribution < -0.4 is 10.9 Å². The molecule has 6 nitrogen and oxygen atoms in total. The van der Waals surface area contributed by atoms with E-state index in [9.17, 15) is 19.5 Å². The van der Waals surface area contributed by atoms with Crippen LogP contribution in [-0.2, 0) is 9.59 Å². The lowest BCUT2D eigenvalue weighted by atomic mass is 9.85. The van der Waals surface area contributed by atoms with Crippen LogP contribution in [0.2, 0.25) is 5.02 Å². The number of nitrogens with one attached hydrogen (secondary N) is 2. The van der Waals surface area contributed by atoms with Crippen LogP contribution in [0, 0.1) is 17.8 Å². The molecule has 138 valence electrons. The summed E-state index contributed by atoms with van der Waals surface area (Å²) in [5.74, 6) is -2.40. The minimum absolute atomic E-state index is 0.0118. The summed E-state index contributed by atoms with van der Waals surface area (Å²) in [5.41, 5.74) is 4.85. The van der Waals surface area contributed by atoms with E-state index in [4.69, 9.17) is 11.6 Å². The SMILES string of the molecule is CC(C)CC[C@@H](C(=O)O)[C@@H](C)CC(=O)NNC(=O)c1ccccc1Cl. The van der Waals surface area contributed by atoms with Gasteiger partial charge in [0.25, 0.3) is 5.91 Å². The quantitative estimate of drug-likeness (QED) is 0.613. The number of hydrogen-bond donors (Lipinski definition) is 3. The van der Waals surface area contributed by atoms with Gasteiger partial charge in [-0.1, -0.05) is 50.9 Å². The Morgan fingerprint density at radius 2 is 1.72 bits per heavy atom. The van der Waals surface area contributed by atoms with Gasteiger partial charge in [-0.25, -0.2) is 0 Å². The number of amides is 2. The highest BCUT2D eigenvalue weighted by Gasteiger charge is 2.26. The molecule has 1 aromatic rings. The maximum Gasteiger partial charge on any atom is 0.306 e. The average Bonchev–Trinajstić information content (AvgIpc) is 2.52. The summed E-state index contributed by atoms with van der Waals surface area (Å²) < 4.78 is 0. The Morgan fingerprint density at radius 3 is 2.28 bits per heavy atom. The van der Waals surface area contributed by atoms with Crippen LogP contribution in [0.15, 0.2) is 24.3 Å². The van der Waals surface area contributed by atoms with Crippen LogP contribution >= 0.6 is 11.6 Å². The number of hydrogen-bond acceptors (Lipinski definition) is 3. The first-order valence-corrected chi connectivity index (χ1v) is 8.66. The second kappa shape index (κ2) is 10.0. The normalized spacial score (nSPS) is 13.2. The highest BCUT2D eigenvalue weighted by molar-refractivity contribution is 6.33. The molecule has 2 amide bonds. The van der Waals surface area contributed by atoms with Crippen molar-refractivity contribution in [2.45, 2.75) is 40.0 Å². The third kappa shape index (κ3) is 7.13. The van der Waals surface area contributed by atoms with Gasteiger partial charge in [-0.15, -0.1) is 0 Å². The largest absolute Gasteiger partial charge is 0.481 e. The zero-order chi connectivity index (χ0) is 19.0. The van der Waals surface area contributed by atoms with E-state index in [1.807, 2.05) is 13.8 Å². The number of rotatable bonds is 8. The van der Waals surface area contributed by atoms with E-state index in [-0.39, 0.29) is 22.9 Å². The van der Waals surface area contributed by atoms with Crippen molar-refractivity contribution in [2.75, 3.05) is 0 Å². The number of carbonyl (C=O) groups excluding carboxylic acids is 2. The Hall–Kier alpha value is -2.08. The molecular formula is C18H25ClN2O4. The summed E-state index contributed by atoms with van der Waals surface area (Å²) >= 11 is 5.92. The van der Waals surface area contributed by atoms with Crippen molar-refractivity contribution in [3.63, 3.8) is 0 Å². The molecule has 7 heteroatoms. The first kappa shape index (κ1) is 21.0. The molecule has 0 fully saturated rings. The van der Waals surface area contributed by atoms with Crippen LogP contribution in [0.4, 0.5) is 0 Å². The minimum Gasteiger partial charge on any atom is -0.481 e. The highest BCUT2D eigenvalue weighted by Crippen LogP contribution is 2.23. The number of aliphatic carboxylic acids is 1. The molecule has 0 radical (unpaired) electrons. The minimum atomic E-state index is -0.902. The Kier molecular flexibility index (Phi) is 8.41. The van der Waals surface area contributed by atoms with Gasteiger partial charge in [-0.2, -0.15) is 0 Å². The summed E-state index contributed by atoms with van der Waals surface area (Å²) in [4.78, 5) is 35.4. The third-order valence-electron chi connectivity index (χ3n) is 4.00. The van der Waals surface area contributed by atoms with Crippen molar-refractivity contribution in [1.82, 2.24) is 10.9 Å². The van der Waals surface area contributed by atoms with Crippen molar-refractivity contribution in [2.24, 2.45) is 17.8 Å². The smallest absolute Gasteiger partial charge is 0.306 e. The maximum absolute atomic E-state index is 12.0. The van der Waals surface area contributed by atoms with Crippen molar-refractivity contribution >= 4 is 29.4 Å². The van der Waals surface area contributed by atoms with E-state index in [2.05, 4.69) is 10.9 Å². The molecule has 0 unspecified atom stereocenters. The van der Waals surface area contributed by atoms with Crippen molar-refractivity contribution < 1.29 is 19.5 Å². The van der Waals surface area contributed by atoms with E-state index in [1.54, 1.807) is 31.2 Å². The Labute approximate surface area is 152 Å². The molecule has 0 saturated carbocycles. The second-order valence-corrected chi connectivity index (χ2v) is 6.99. The maximum atomic E-state index is 12.0. The van der Waals surface area contributed by atoms with Crippen LogP contribution in [0.25, 0.3) is 0 Å². The molecule has 1 aromatic carbocycles. The summed E-state index contributed by atoms with van der Waals surface area (Å²) in [5, 5.41) is 9.63. The molecule has 25 heavy (non-hydrogen) atoms. The van der Waals surface area contributed by atoms with Gasteiger partial charge in [0, 0.05) is 6.42 Å². The van der Waals surface area contributed by atoms with Gasteiger partial charge < -0.3 is 5.11 Å². The first-order valence-electron chi connectivity index (χ1n) is 8.28. The fourth-order valence-electron chi connectivity index (χ4n) is 2.49. The molecule has 1 rings (SSSR count). The molecule has 0 saturated heterocycles. The topological polar surface area (TPSA) is 95.5 Å². The van der Waals surface area contributed by atoms with Crippen molar-refractivity contribution in [3.05, 3.63) is 34.9 Å². The van der Waals surface area contributed by atoms with Gasteiger partial charge >= 0.3 is 5.97 Å². The molecule has 0 bridgehead atoms. The first-order chi connectivity index (χ1) is 11.7. The van der Waals surface area contributed by atoms with Gasteiger partial charge in [-0.3, -0.25) is 25.2 Å². The predicted molar refractivity (Wildman–Crippen MR) is 96.0 cm³/mol. The summed E-state index contributed by atoms with van der Waals surface area (Å²) in [6, 6.07) is 6.48. The molecule has 0 heterocycles. The molecule has 0 aliphatic heterocycles. The molecule has 0 aliphatic carbocycles. The fraction of sp³-hybridized carbons (Fsp3) is 0.500. The zero-order valence-electron chi connectivity index (χ0n) is 14.7. The molecule has 0 aliphatic rings. The second-order valence-electron chi connectivity index (χ2n) is 6.58. The van der Waals surface area contributed by atoms with Crippen LogP contribution in [0.1, 0.15) is 50.4 Å². The number of halogens is 1. The van der Waals surface area contributed by atoms with E-state index in [1.165, 1.54) is 0 Å². The molecular weight excluding hydrogens is 344 g/mol. The monoisotopic (exact) mass is 368 g/mol. The summed E-state index contributed by atoms with van der Waals surface area (Å²) in [6.45, 7) is 5.79. The molecule has 0 spiro atoms. The van der Waals surface area contributed by atoms with Crippen LogP contribution in [0.5, 0.6) is 0 Å². The highest BCUT2D eigenvalue weighted by atomic mass is 35.5. The summed E-state index contributed by atoms with van der Waals surface area (Å²) in [7, 11) is 0. The molecule has 2 atom stereocenters. The predicted octanol–water partition coefficient (Wildman–Crippen LogP) is 3.26. The van der Waals surface area contributed by atoms with Gasteiger partial charge in [0.15, 0.2) is 0 Å². The van der Waals surface area contributed by atoms with Crippen LogP contribution in [-0.4, -0.2) is 22.9 Å². The van der Waals surface area contributed by atoms with Crippen molar-refractivity contribution in [3.8, 4) is 0 Å². The number of benzene rings is 1. The lowest BCUT2D eigenvalue weighted by Gasteiger charge is -2.20. The number of hydrazine groups is 1. The third-order valence-corrected chi connectivity index (χ3v) is 4.33. The Morgan fingerprint density at radius 1 is 1.08 bits per heavy atom. The fourth-order valence-corrected chi connectivity index (χ4v) is 2.71. The zero-order valence-corrected chi connectivity index (χ0v) is 15.5. The van der Waals surface area contributed by atoms with Crippen LogP contribution in [0.3, 0.4) is 0 Å². The molecule has 0 aromatic heterocycles. The lowest BCUT2D eigenvalue weighted by Crippen LogP contribution is -2.42. The average molecular weight is 369 g/mol. The Bertz CT molecular complexity index is 619. The van der Waals surface area contributed by atoms with E-state index in [0.717, 1.165) is 6.42 Å². The number of carboxylic acid groups (broad SMARTS) is 1. The van der Waals surface area contributed by atoms with E-state index >= 15 is 0 Å². The lowest BCUT2D eigenvalue weighted by molar-refractivity contribution is -0.144. The van der Waals surface area contributed by atoms with E-state index in [0.29, 0.717) is 12.3 Å². The number of carboxylic acids is 1. The van der Waals surface area contributed by atoms with E-state index < -0.39 is 23.7 Å². The molecule has 3 N–H and O–H groups in total. The van der Waals surface area contributed by atoms with Gasteiger partial charge in [0.1, 0.15) is 0 Å². The van der Waals surface area contributed by atoms with Gasteiger partial charge in [-0.05, 0) is 30.4 Å².